The molecule has 0 fully saturated rings. The van der Waals surface area contributed by atoms with E-state index in [1.807, 2.05) is 86.6 Å². The maximum Gasteiger partial charge on any atom is 0.338 e. The van der Waals surface area contributed by atoms with Crippen molar-refractivity contribution in [2.24, 2.45) is 0 Å². The van der Waals surface area contributed by atoms with Gasteiger partial charge >= 0.3 is 5.97 Å². The Hall–Kier alpha value is -3.73. The lowest BCUT2D eigenvalue weighted by atomic mass is 10.1. The fraction of sp³-hybridized carbons (Fsp3) is 0.160. The molecule has 3 aromatic carbocycles. The summed E-state index contributed by atoms with van der Waals surface area (Å²) in [6.07, 6.45) is -0.143. The number of hydrogen-bond donors (Lipinski definition) is 0. The van der Waals surface area contributed by atoms with Crippen molar-refractivity contribution in [1.29, 1.82) is 0 Å². The van der Waals surface area contributed by atoms with Crippen molar-refractivity contribution in [2.75, 3.05) is 0 Å². The molecular weight excluding hydrogens is 374 g/mol. The SMILES string of the molecule is CC(C)OC(=O)c1ccc(Cn2c(-c3ccccc3)nnc2-c2ccccc2)cc1. The molecule has 0 bridgehead atoms. The van der Waals surface area contributed by atoms with Crippen LogP contribution in [0.4, 0.5) is 0 Å². The molecule has 30 heavy (non-hydrogen) atoms. The zero-order valence-corrected chi connectivity index (χ0v) is 17.0. The Bertz CT molecular complexity index is 1060. The molecule has 0 spiro atoms. The Labute approximate surface area is 176 Å². The Morgan fingerprint density at radius 3 is 1.77 bits per heavy atom. The predicted octanol–water partition coefficient (Wildman–Crippen LogP) is 5.23. The monoisotopic (exact) mass is 397 g/mol. The highest BCUT2D eigenvalue weighted by Gasteiger charge is 2.16. The molecule has 1 aromatic heterocycles. The van der Waals surface area contributed by atoms with E-state index in [0.717, 1.165) is 28.3 Å². The van der Waals surface area contributed by atoms with E-state index >= 15 is 0 Å². The van der Waals surface area contributed by atoms with E-state index in [4.69, 9.17) is 4.74 Å². The Morgan fingerprint density at radius 1 is 0.800 bits per heavy atom. The van der Waals surface area contributed by atoms with E-state index < -0.39 is 0 Å². The lowest BCUT2D eigenvalue weighted by Gasteiger charge is -2.12. The van der Waals surface area contributed by atoms with Gasteiger partial charge in [-0.1, -0.05) is 72.8 Å². The van der Waals surface area contributed by atoms with E-state index in [9.17, 15) is 4.79 Å². The fourth-order valence-electron chi connectivity index (χ4n) is 3.27. The third-order valence-electron chi connectivity index (χ3n) is 4.69. The Morgan fingerprint density at radius 2 is 1.30 bits per heavy atom. The van der Waals surface area contributed by atoms with Gasteiger partial charge in [0.15, 0.2) is 11.6 Å². The van der Waals surface area contributed by atoms with Crippen molar-refractivity contribution in [3.63, 3.8) is 0 Å². The minimum atomic E-state index is -0.309. The molecule has 5 nitrogen and oxygen atoms in total. The second-order valence-corrected chi connectivity index (χ2v) is 7.32. The predicted molar refractivity (Wildman–Crippen MR) is 117 cm³/mol. The highest BCUT2D eigenvalue weighted by molar-refractivity contribution is 5.89. The van der Waals surface area contributed by atoms with Crippen LogP contribution in [0.25, 0.3) is 22.8 Å². The van der Waals surface area contributed by atoms with Crippen LogP contribution in [-0.2, 0) is 11.3 Å². The maximum absolute atomic E-state index is 12.1. The van der Waals surface area contributed by atoms with E-state index in [1.165, 1.54) is 0 Å². The smallest absolute Gasteiger partial charge is 0.338 e. The van der Waals surface area contributed by atoms with Gasteiger partial charge in [-0.15, -0.1) is 10.2 Å². The first-order valence-electron chi connectivity index (χ1n) is 9.96. The first-order valence-corrected chi connectivity index (χ1v) is 9.96. The molecule has 150 valence electrons. The summed E-state index contributed by atoms with van der Waals surface area (Å²) < 4.78 is 7.38. The molecule has 5 heteroatoms. The largest absolute Gasteiger partial charge is 0.459 e. The van der Waals surface area contributed by atoms with Gasteiger partial charge in [-0.05, 0) is 31.5 Å². The van der Waals surface area contributed by atoms with Gasteiger partial charge in [0.05, 0.1) is 18.2 Å². The number of carbonyl (C=O) groups excluding carboxylic acids is 1. The van der Waals surface area contributed by atoms with Gasteiger partial charge in [0.2, 0.25) is 0 Å². The first-order chi connectivity index (χ1) is 14.6. The number of carbonyl (C=O) groups is 1. The Balaban J connectivity index is 1.69. The molecule has 0 saturated heterocycles. The molecule has 0 aliphatic carbocycles. The minimum Gasteiger partial charge on any atom is -0.459 e. The molecule has 0 amide bonds. The van der Waals surface area contributed by atoms with E-state index in [1.54, 1.807) is 12.1 Å². The van der Waals surface area contributed by atoms with Crippen molar-refractivity contribution in [2.45, 2.75) is 26.5 Å². The number of benzene rings is 3. The van der Waals surface area contributed by atoms with E-state index in [0.29, 0.717) is 12.1 Å². The quantitative estimate of drug-likeness (QED) is 0.418. The standard InChI is InChI=1S/C25H23N3O2/c1-18(2)30-25(29)22-15-13-19(14-16-22)17-28-23(20-9-5-3-6-10-20)26-27-24(28)21-11-7-4-8-12-21/h3-16,18H,17H2,1-2H3. The van der Waals surface area contributed by atoms with Crippen LogP contribution in [0.3, 0.4) is 0 Å². The summed E-state index contributed by atoms with van der Waals surface area (Å²) in [4.78, 5) is 12.1. The molecule has 0 atom stereocenters. The maximum atomic E-state index is 12.1. The molecule has 0 unspecified atom stereocenters. The van der Waals surface area contributed by atoms with Gasteiger partial charge < -0.3 is 9.30 Å². The molecule has 4 aromatic rings. The zero-order valence-electron chi connectivity index (χ0n) is 17.0. The molecular formula is C25H23N3O2. The van der Waals surface area contributed by atoms with Crippen LogP contribution in [-0.4, -0.2) is 26.8 Å². The number of esters is 1. The van der Waals surface area contributed by atoms with Crippen LogP contribution in [0, 0.1) is 0 Å². The van der Waals surface area contributed by atoms with Gasteiger partial charge in [0.1, 0.15) is 0 Å². The molecule has 0 N–H and O–H groups in total. The summed E-state index contributed by atoms with van der Waals surface area (Å²) in [6, 6.07) is 27.5. The third kappa shape index (κ3) is 4.30. The van der Waals surface area contributed by atoms with Crippen molar-refractivity contribution in [3.8, 4) is 22.8 Å². The lowest BCUT2D eigenvalue weighted by Crippen LogP contribution is -2.11. The van der Waals surface area contributed by atoms with Crippen molar-refractivity contribution < 1.29 is 9.53 Å². The van der Waals surface area contributed by atoms with Gasteiger partial charge in [0, 0.05) is 11.1 Å². The fourth-order valence-corrected chi connectivity index (χ4v) is 3.27. The first kappa shape index (κ1) is 19.6. The van der Waals surface area contributed by atoms with Crippen LogP contribution in [0.15, 0.2) is 84.9 Å². The van der Waals surface area contributed by atoms with Crippen molar-refractivity contribution in [3.05, 3.63) is 96.1 Å². The van der Waals surface area contributed by atoms with E-state index in [2.05, 4.69) is 14.8 Å². The summed E-state index contributed by atoms with van der Waals surface area (Å²) in [5.74, 6) is 1.30. The molecule has 0 aliphatic heterocycles. The summed E-state index contributed by atoms with van der Waals surface area (Å²) in [5, 5.41) is 8.95. The van der Waals surface area contributed by atoms with Crippen LogP contribution >= 0.6 is 0 Å². The summed E-state index contributed by atoms with van der Waals surface area (Å²) >= 11 is 0. The summed E-state index contributed by atoms with van der Waals surface area (Å²) in [6.45, 7) is 4.27. The van der Waals surface area contributed by atoms with Gasteiger partial charge in [0.25, 0.3) is 0 Å². The summed E-state index contributed by atoms with van der Waals surface area (Å²) in [5.41, 5.74) is 3.60. The van der Waals surface area contributed by atoms with Crippen LogP contribution in [0.1, 0.15) is 29.8 Å². The van der Waals surface area contributed by atoms with Gasteiger partial charge in [-0.2, -0.15) is 0 Å². The number of rotatable bonds is 6. The number of nitrogens with zero attached hydrogens (tertiary/aromatic N) is 3. The number of ether oxygens (including phenoxy) is 1. The second kappa shape index (κ2) is 8.74. The highest BCUT2D eigenvalue weighted by atomic mass is 16.5. The number of aromatic nitrogens is 3. The lowest BCUT2D eigenvalue weighted by molar-refractivity contribution is 0.0378. The van der Waals surface area contributed by atoms with Gasteiger partial charge in [-0.3, -0.25) is 0 Å². The topological polar surface area (TPSA) is 57.0 Å². The molecule has 0 saturated carbocycles. The van der Waals surface area contributed by atoms with Gasteiger partial charge in [-0.25, -0.2) is 4.79 Å². The van der Waals surface area contributed by atoms with E-state index in [-0.39, 0.29) is 12.1 Å². The molecule has 0 radical (unpaired) electrons. The normalized spacial score (nSPS) is 10.9. The summed E-state index contributed by atoms with van der Waals surface area (Å²) in [7, 11) is 0. The zero-order chi connectivity index (χ0) is 20.9. The molecule has 0 aliphatic rings. The van der Waals surface area contributed by atoms with Crippen LogP contribution in [0.5, 0.6) is 0 Å². The highest BCUT2D eigenvalue weighted by Crippen LogP contribution is 2.25. The minimum absolute atomic E-state index is 0.143. The Kier molecular flexibility index (Phi) is 5.70. The third-order valence-corrected chi connectivity index (χ3v) is 4.69. The molecule has 1 heterocycles. The van der Waals surface area contributed by atoms with Crippen LogP contribution < -0.4 is 0 Å². The van der Waals surface area contributed by atoms with Crippen molar-refractivity contribution >= 4 is 5.97 Å². The second-order valence-electron chi connectivity index (χ2n) is 7.32. The average Bonchev–Trinajstić information content (AvgIpc) is 3.18. The number of hydrogen-bond acceptors (Lipinski definition) is 4. The van der Waals surface area contributed by atoms with Crippen LogP contribution in [0.2, 0.25) is 0 Å². The average molecular weight is 397 g/mol. The van der Waals surface area contributed by atoms with Crippen molar-refractivity contribution in [1.82, 2.24) is 14.8 Å². The molecule has 4 rings (SSSR count).